The zero-order valence-electron chi connectivity index (χ0n) is 12.3. The number of unbranched alkanes of at least 4 members (excludes halogenated alkanes) is 7. The monoisotopic (exact) mass is 358 g/mol. The van der Waals surface area contributed by atoms with Crippen LogP contribution in [-0.4, -0.2) is 5.78 Å². The van der Waals surface area contributed by atoms with Gasteiger partial charge in [0.05, 0.1) is 5.02 Å². The van der Waals surface area contributed by atoms with E-state index in [9.17, 15) is 4.79 Å². The molecule has 0 atom stereocenters. The van der Waals surface area contributed by atoms with Gasteiger partial charge in [0, 0.05) is 16.5 Å². The van der Waals surface area contributed by atoms with E-state index in [1.165, 1.54) is 38.5 Å². The Hall–Kier alpha value is -0.340. The second-order valence-electron chi connectivity index (χ2n) is 5.27. The van der Waals surface area contributed by atoms with Gasteiger partial charge in [-0.25, -0.2) is 0 Å². The van der Waals surface area contributed by atoms with E-state index in [0.29, 0.717) is 17.0 Å². The largest absolute Gasteiger partial charge is 0.294 e. The van der Waals surface area contributed by atoms with Gasteiger partial charge in [-0.3, -0.25) is 4.79 Å². The SMILES string of the molecule is CCCCCCCCCCC(=O)c1ccc(Br)cc1Cl. The zero-order valence-corrected chi connectivity index (χ0v) is 14.6. The average Bonchev–Trinajstić information content (AvgIpc) is 2.41. The number of carbonyl (C=O) groups is 1. The van der Waals surface area contributed by atoms with Crippen molar-refractivity contribution in [3.63, 3.8) is 0 Å². The predicted molar refractivity (Wildman–Crippen MR) is 90.7 cm³/mol. The van der Waals surface area contributed by atoms with Crippen LogP contribution in [0.15, 0.2) is 22.7 Å². The first-order valence-electron chi connectivity index (χ1n) is 7.63. The number of rotatable bonds is 10. The van der Waals surface area contributed by atoms with Crippen molar-refractivity contribution in [1.29, 1.82) is 0 Å². The van der Waals surface area contributed by atoms with Gasteiger partial charge >= 0.3 is 0 Å². The Kier molecular flexibility index (Phi) is 9.21. The summed E-state index contributed by atoms with van der Waals surface area (Å²) in [6.45, 7) is 2.23. The summed E-state index contributed by atoms with van der Waals surface area (Å²) in [5.74, 6) is 0.161. The molecular weight excluding hydrogens is 336 g/mol. The highest BCUT2D eigenvalue weighted by Crippen LogP contribution is 2.23. The molecule has 1 aromatic rings. The van der Waals surface area contributed by atoms with Crippen LogP contribution in [0.1, 0.15) is 75.1 Å². The average molecular weight is 360 g/mol. The molecule has 0 spiro atoms. The summed E-state index contributed by atoms with van der Waals surface area (Å²) >= 11 is 9.43. The fourth-order valence-corrected chi connectivity index (χ4v) is 3.05. The number of carbonyl (C=O) groups excluding carboxylic acids is 1. The molecule has 3 heteroatoms. The van der Waals surface area contributed by atoms with Crippen molar-refractivity contribution in [1.82, 2.24) is 0 Å². The Morgan fingerprint density at radius 3 is 2.25 bits per heavy atom. The molecule has 0 saturated heterocycles. The van der Waals surface area contributed by atoms with E-state index < -0.39 is 0 Å². The van der Waals surface area contributed by atoms with E-state index >= 15 is 0 Å². The fraction of sp³-hybridized carbons (Fsp3) is 0.588. The van der Waals surface area contributed by atoms with Crippen LogP contribution in [0.2, 0.25) is 5.02 Å². The third kappa shape index (κ3) is 6.90. The van der Waals surface area contributed by atoms with Crippen molar-refractivity contribution in [2.24, 2.45) is 0 Å². The lowest BCUT2D eigenvalue weighted by Crippen LogP contribution is -1.99. The summed E-state index contributed by atoms with van der Waals surface area (Å²) in [5.41, 5.74) is 0.651. The quantitative estimate of drug-likeness (QED) is 0.331. The molecule has 20 heavy (non-hydrogen) atoms. The van der Waals surface area contributed by atoms with Crippen LogP contribution in [0.25, 0.3) is 0 Å². The van der Waals surface area contributed by atoms with Gasteiger partial charge in [0.25, 0.3) is 0 Å². The Morgan fingerprint density at radius 1 is 1.05 bits per heavy atom. The number of hydrogen-bond donors (Lipinski definition) is 0. The predicted octanol–water partition coefficient (Wildman–Crippen LogP) is 6.82. The summed E-state index contributed by atoms with van der Waals surface area (Å²) in [6, 6.07) is 5.45. The molecule has 0 aliphatic rings. The molecule has 0 radical (unpaired) electrons. The maximum absolute atomic E-state index is 12.1. The van der Waals surface area contributed by atoms with Crippen LogP contribution in [0.3, 0.4) is 0 Å². The van der Waals surface area contributed by atoms with Crippen molar-refractivity contribution in [3.8, 4) is 0 Å². The highest BCUT2D eigenvalue weighted by Gasteiger charge is 2.10. The lowest BCUT2D eigenvalue weighted by Gasteiger charge is -2.04. The number of halogens is 2. The molecule has 0 aromatic heterocycles. The third-order valence-electron chi connectivity index (χ3n) is 3.49. The molecule has 1 nitrogen and oxygen atoms in total. The molecule has 0 saturated carbocycles. The van der Waals surface area contributed by atoms with Crippen LogP contribution in [0.4, 0.5) is 0 Å². The Balaban J connectivity index is 2.17. The molecule has 0 aliphatic carbocycles. The topological polar surface area (TPSA) is 17.1 Å². The summed E-state index contributed by atoms with van der Waals surface area (Å²) in [5, 5.41) is 0.545. The van der Waals surface area contributed by atoms with Gasteiger partial charge in [0.15, 0.2) is 5.78 Å². The van der Waals surface area contributed by atoms with E-state index in [2.05, 4.69) is 22.9 Å². The standard InChI is InChI=1S/C17H24BrClO/c1-2-3-4-5-6-7-8-9-10-17(20)15-12-11-14(18)13-16(15)19/h11-13H,2-10H2,1H3. The number of ketones is 1. The Morgan fingerprint density at radius 2 is 1.65 bits per heavy atom. The highest BCUT2D eigenvalue weighted by molar-refractivity contribution is 9.10. The van der Waals surface area contributed by atoms with Crippen LogP contribution in [-0.2, 0) is 0 Å². The van der Waals surface area contributed by atoms with Crippen molar-refractivity contribution in [2.45, 2.75) is 64.7 Å². The van der Waals surface area contributed by atoms with Gasteiger partial charge in [-0.05, 0) is 24.6 Å². The molecule has 0 bridgehead atoms. The Labute approximate surface area is 136 Å². The first kappa shape index (κ1) is 17.7. The number of benzene rings is 1. The molecule has 112 valence electrons. The number of hydrogen-bond acceptors (Lipinski definition) is 1. The molecule has 0 amide bonds. The molecular formula is C17H24BrClO. The fourth-order valence-electron chi connectivity index (χ4n) is 2.27. The minimum absolute atomic E-state index is 0.161. The van der Waals surface area contributed by atoms with Gasteiger partial charge in [-0.2, -0.15) is 0 Å². The maximum atomic E-state index is 12.1. The summed E-state index contributed by atoms with van der Waals surface area (Å²) in [4.78, 5) is 12.1. The minimum atomic E-state index is 0.161. The molecule has 0 N–H and O–H groups in total. The lowest BCUT2D eigenvalue weighted by molar-refractivity contribution is 0.0979. The van der Waals surface area contributed by atoms with E-state index in [4.69, 9.17) is 11.6 Å². The third-order valence-corrected chi connectivity index (χ3v) is 4.29. The lowest BCUT2D eigenvalue weighted by atomic mass is 10.0. The van der Waals surface area contributed by atoms with Crippen molar-refractivity contribution >= 4 is 33.3 Å². The van der Waals surface area contributed by atoms with Gasteiger partial charge < -0.3 is 0 Å². The van der Waals surface area contributed by atoms with E-state index in [0.717, 1.165) is 17.3 Å². The van der Waals surface area contributed by atoms with Crippen molar-refractivity contribution in [2.75, 3.05) is 0 Å². The Bertz CT molecular complexity index is 417. The van der Waals surface area contributed by atoms with Gasteiger partial charge in [-0.15, -0.1) is 0 Å². The normalized spacial score (nSPS) is 10.8. The highest BCUT2D eigenvalue weighted by atomic mass is 79.9. The maximum Gasteiger partial charge on any atom is 0.164 e. The molecule has 0 aliphatic heterocycles. The first-order valence-corrected chi connectivity index (χ1v) is 8.80. The van der Waals surface area contributed by atoms with Crippen LogP contribution >= 0.6 is 27.5 Å². The van der Waals surface area contributed by atoms with Gasteiger partial charge in [0.2, 0.25) is 0 Å². The van der Waals surface area contributed by atoms with Gasteiger partial charge in [-0.1, -0.05) is 79.4 Å². The van der Waals surface area contributed by atoms with Gasteiger partial charge in [0.1, 0.15) is 0 Å². The van der Waals surface area contributed by atoms with Crippen LogP contribution in [0.5, 0.6) is 0 Å². The smallest absolute Gasteiger partial charge is 0.164 e. The summed E-state index contributed by atoms with van der Waals surface area (Å²) in [6.07, 6.45) is 10.6. The molecule has 0 fully saturated rings. The molecule has 0 unspecified atom stereocenters. The molecule has 1 rings (SSSR count). The minimum Gasteiger partial charge on any atom is -0.294 e. The van der Waals surface area contributed by atoms with E-state index in [1.54, 1.807) is 12.1 Å². The second kappa shape index (κ2) is 10.4. The summed E-state index contributed by atoms with van der Waals surface area (Å²) < 4.78 is 0.908. The second-order valence-corrected chi connectivity index (χ2v) is 6.60. The van der Waals surface area contributed by atoms with Crippen LogP contribution < -0.4 is 0 Å². The van der Waals surface area contributed by atoms with Crippen LogP contribution in [0, 0.1) is 0 Å². The molecule has 0 heterocycles. The van der Waals surface area contributed by atoms with E-state index in [-0.39, 0.29) is 5.78 Å². The van der Waals surface area contributed by atoms with E-state index in [1.807, 2.05) is 6.07 Å². The number of Topliss-reactive ketones (excluding diaryl/α,β-unsaturated/α-hetero) is 1. The first-order chi connectivity index (χ1) is 9.65. The van der Waals surface area contributed by atoms with Crippen molar-refractivity contribution in [3.05, 3.63) is 33.3 Å². The zero-order chi connectivity index (χ0) is 14.8. The summed E-state index contributed by atoms with van der Waals surface area (Å²) in [7, 11) is 0. The molecule has 1 aromatic carbocycles. The van der Waals surface area contributed by atoms with Crippen molar-refractivity contribution < 1.29 is 4.79 Å².